The molecule has 5 nitrogen and oxygen atoms in total. The number of hydrogen-bond donors (Lipinski definition) is 1. The Morgan fingerprint density at radius 3 is 2.26 bits per heavy atom. The Morgan fingerprint density at radius 2 is 1.67 bits per heavy atom. The predicted octanol–water partition coefficient (Wildman–Crippen LogP) is 4.15. The second-order valence-corrected chi connectivity index (χ2v) is 6.77. The Morgan fingerprint density at radius 1 is 1.04 bits per heavy atom. The second-order valence-electron chi connectivity index (χ2n) is 6.77. The Balaban J connectivity index is 2.06. The highest BCUT2D eigenvalue weighted by molar-refractivity contribution is 5.96. The molecule has 0 spiro atoms. The van der Waals surface area contributed by atoms with Gasteiger partial charge in [0.1, 0.15) is 12.4 Å². The first-order valence-corrected chi connectivity index (χ1v) is 9.23. The molecular formula is C22H27NO4. The molecule has 0 aliphatic rings. The van der Waals surface area contributed by atoms with Crippen molar-refractivity contribution in [1.82, 2.24) is 0 Å². The topological polar surface area (TPSA) is 66.8 Å². The van der Waals surface area contributed by atoms with Crippen molar-refractivity contribution in [2.24, 2.45) is 11.8 Å². The molecular weight excluding hydrogens is 342 g/mol. The van der Waals surface area contributed by atoms with Crippen molar-refractivity contribution in [2.75, 3.05) is 11.4 Å². The number of anilines is 1. The number of carbonyl (C=O) groups excluding carboxylic acids is 2. The zero-order chi connectivity index (χ0) is 19.8. The lowest BCUT2D eigenvalue weighted by atomic mass is 9.92. The second kappa shape index (κ2) is 9.76. The Bertz CT molecular complexity index is 758. The van der Waals surface area contributed by atoms with Gasteiger partial charge in [-0.2, -0.15) is 0 Å². The number of esters is 1. The molecule has 2 rings (SSSR count). The number of phenolic OH excluding ortho intramolecular Hbond substituents is 1. The summed E-state index contributed by atoms with van der Waals surface area (Å²) >= 11 is 0. The zero-order valence-corrected chi connectivity index (χ0v) is 16.1. The van der Waals surface area contributed by atoms with Gasteiger partial charge in [-0.3, -0.25) is 9.59 Å². The van der Waals surface area contributed by atoms with Gasteiger partial charge in [-0.15, -0.1) is 0 Å². The lowest BCUT2D eigenvalue weighted by Gasteiger charge is -2.25. The van der Waals surface area contributed by atoms with Crippen LogP contribution in [0.15, 0.2) is 54.6 Å². The number of phenols is 1. The normalized spacial score (nSPS) is 11.9. The number of hydrogen-bond acceptors (Lipinski definition) is 4. The largest absolute Gasteiger partial charge is 0.506 e. The van der Waals surface area contributed by atoms with Gasteiger partial charge in [-0.05, 0) is 30.5 Å². The number of carbonyl (C=O) groups is 2. The minimum absolute atomic E-state index is 0.0352. The maximum atomic E-state index is 12.8. The third-order valence-electron chi connectivity index (χ3n) is 4.52. The molecule has 0 fully saturated rings. The summed E-state index contributed by atoms with van der Waals surface area (Å²) in [7, 11) is 0. The first kappa shape index (κ1) is 20.5. The van der Waals surface area contributed by atoms with Crippen LogP contribution in [0.1, 0.15) is 32.8 Å². The van der Waals surface area contributed by atoms with Gasteiger partial charge >= 0.3 is 5.97 Å². The summed E-state index contributed by atoms with van der Waals surface area (Å²) in [6.45, 7) is 6.23. The summed E-state index contributed by atoms with van der Waals surface area (Å²) in [6, 6.07) is 16.2. The quantitative estimate of drug-likeness (QED) is 0.710. The van der Waals surface area contributed by atoms with Crippen LogP contribution in [0.25, 0.3) is 0 Å². The highest BCUT2D eigenvalue weighted by Gasteiger charge is 2.29. The van der Waals surface area contributed by atoms with E-state index < -0.39 is 5.92 Å². The predicted molar refractivity (Wildman–Crippen MR) is 105 cm³/mol. The summed E-state index contributed by atoms with van der Waals surface area (Å²) in [5.41, 5.74) is 1.36. The van der Waals surface area contributed by atoms with Gasteiger partial charge in [0.2, 0.25) is 5.91 Å². The van der Waals surface area contributed by atoms with Crippen molar-refractivity contribution < 1.29 is 19.4 Å². The van der Waals surface area contributed by atoms with E-state index in [4.69, 9.17) is 4.74 Å². The fourth-order valence-corrected chi connectivity index (χ4v) is 2.90. The van der Waals surface area contributed by atoms with Crippen LogP contribution in [-0.2, 0) is 20.9 Å². The van der Waals surface area contributed by atoms with Crippen LogP contribution in [-0.4, -0.2) is 23.5 Å². The summed E-state index contributed by atoms with van der Waals surface area (Å²) < 4.78 is 5.44. The fraction of sp³-hybridized carbons (Fsp3) is 0.364. The number of ether oxygens (including phenoxy) is 1. The molecule has 0 aliphatic heterocycles. The molecule has 0 saturated heterocycles. The lowest BCUT2D eigenvalue weighted by molar-refractivity contribution is -0.153. The highest BCUT2D eigenvalue weighted by atomic mass is 16.5. The SMILES string of the molecule is CCN(C(=O)CC(C(=O)OCc1ccccc1)C(C)C)c1ccccc1O. The van der Waals surface area contributed by atoms with Gasteiger partial charge in [0, 0.05) is 13.0 Å². The van der Waals surface area contributed by atoms with E-state index in [2.05, 4.69) is 0 Å². The van der Waals surface area contributed by atoms with Crippen molar-refractivity contribution >= 4 is 17.6 Å². The van der Waals surface area contributed by atoms with E-state index in [1.807, 2.05) is 51.1 Å². The molecule has 5 heteroatoms. The highest BCUT2D eigenvalue weighted by Crippen LogP contribution is 2.28. The van der Waals surface area contributed by atoms with Gasteiger partial charge in [0.15, 0.2) is 0 Å². The fourth-order valence-electron chi connectivity index (χ4n) is 2.90. The Hall–Kier alpha value is -2.82. The van der Waals surface area contributed by atoms with Crippen molar-refractivity contribution in [3.8, 4) is 5.75 Å². The molecule has 0 radical (unpaired) electrons. The van der Waals surface area contributed by atoms with Gasteiger partial charge < -0.3 is 14.7 Å². The standard InChI is InChI=1S/C22H27NO4/c1-4-23(19-12-8-9-13-20(19)24)21(25)14-18(16(2)3)22(26)27-15-17-10-6-5-7-11-17/h5-13,16,18,24H,4,14-15H2,1-3H3. The summed E-state index contributed by atoms with van der Waals surface area (Å²) in [4.78, 5) is 26.9. The molecule has 0 saturated carbocycles. The average molecular weight is 369 g/mol. The minimum Gasteiger partial charge on any atom is -0.506 e. The minimum atomic E-state index is -0.541. The number of nitrogens with zero attached hydrogens (tertiary/aromatic N) is 1. The van der Waals surface area contributed by atoms with E-state index in [9.17, 15) is 14.7 Å². The summed E-state index contributed by atoms with van der Waals surface area (Å²) in [5.74, 6) is -1.13. The smallest absolute Gasteiger partial charge is 0.310 e. The van der Waals surface area contributed by atoms with Crippen molar-refractivity contribution in [3.63, 3.8) is 0 Å². The summed E-state index contributed by atoms with van der Waals surface area (Å²) in [6.07, 6.45) is 0.0352. The molecule has 1 N–H and O–H groups in total. The zero-order valence-electron chi connectivity index (χ0n) is 16.1. The number of amides is 1. The van der Waals surface area contributed by atoms with Crippen LogP contribution in [0.3, 0.4) is 0 Å². The number of para-hydroxylation sites is 2. The van der Waals surface area contributed by atoms with E-state index in [0.29, 0.717) is 12.2 Å². The molecule has 27 heavy (non-hydrogen) atoms. The number of rotatable bonds is 8. The molecule has 0 bridgehead atoms. The molecule has 2 aromatic carbocycles. The van der Waals surface area contributed by atoms with Crippen LogP contribution in [0, 0.1) is 11.8 Å². The molecule has 0 aromatic heterocycles. The first-order valence-electron chi connectivity index (χ1n) is 9.23. The van der Waals surface area contributed by atoms with Gasteiger partial charge in [-0.1, -0.05) is 56.3 Å². The Labute approximate surface area is 160 Å². The Kier molecular flexibility index (Phi) is 7.41. The van der Waals surface area contributed by atoms with Crippen LogP contribution < -0.4 is 4.90 Å². The van der Waals surface area contributed by atoms with Crippen LogP contribution in [0.5, 0.6) is 5.75 Å². The van der Waals surface area contributed by atoms with Gasteiger partial charge in [0.05, 0.1) is 11.6 Å². The molecule has 144 valence electrons. The molecule has 1 unspecified atom stereocenters. The van der Waals surface area contributed by atoms with E-state index >= 15 is 0 Å². The van der Waals surface area contributed by atoms with Crippen LogP contribution in [0.2, 0.25) is 0 Å². The van der Waals surface area contributed by atoms with Crippen molar-refractivity contribution in [2.45, 2.75) is 33.8 Å². The average Bonchev–Trinajstić information content (AvgIpc) is 2.67. The van der Waals surface area contributed by atoms with E-state index in [1.54, 1.807) is 24.3 Å². The monoisotopic (exact) mass is 369 g/mol. The molecule has 0 heterocycles. The van der Waals surface area contributed by atoms with Gasteiger partial charge in [0.25, 0.3) is 0 Å². The molecule has 2 aromatic rings. The van der Waals surface area contributed by atoms with Crippen LogP contribution >= 0.6 is 0 Å². The van der Waals surface area contributed by atoms with E-state index in [0.717, 1.165) is 5.56 Å². The van der Waals surface area contributed by atoms with E-state index in [1.165, 1.54) is 4.90 Å². The third kappa shape index (κ3) is 5.58. The lowest BCUT2D eigenvalue weighted by Crippen LogP contribution is -2.35. The maximum Gasteiger partial charge on any atom is 0.310 e. The van der Waals surface area contributed by atoms with Crippen molar-refractivity contribution in [1.29, 1.82) is 0 Å². The molecule has 1 amide bonds. The van der Waals surface area contributed by atoms with E-state index in [-0.39, 0.29) is 36.6 Å². The maximum absolute atomic E-state index is 12.8. The first-order chi connectivity index (χ1) is 12.9. The van der Waals surface area contributed by atoms with Crippen LogP contribution in [0.4, 0.5) is 5.69 Å². The van der Waals surface area contributed by atoms with Gasteiger partial charge in [-0.25, -0.2) is 0 Å². The summed E-state index contributed by atoms with van der Waals surface area (Å²) in [5, 5.41) is 10.0. The third-order valence-corrected chi connectivity index (χ3v) is 4.52. The molecule has 0 aliphatic carbocycles. The number of aromatic hydroxyl groups is 1. The number of benzene rings is 2. The van der Waals surface area contributed by atoms with Crippen molar-refractivity contribution in [3.05, 3.63) is 60.2 Å². The molecule has 1 atom stereocenters.